The average molecular weight is 325 g/mol. The van der Waals surface area contributed by atoms with Crippen LogP contribution in [0.2, 0.25) is 5.02 Å². The van der Waals surface area contributed by atoms with Crippen molar-refractivity contribution >= 4 is 33.6 Å². The molecule has 8 heteroatoms. The van der Waals surface area contributed by atoms with Gasteiger partial charge in [0, 0.05) is 18.1 Å². The molecular formula is C13H13ClN4O2S. The molecule has 3 rings (SSSR count). The number of benzene rings is 1. The first kappa shape index (κ1) is 14.1. The first-order valence-electron chi connectivity index (χ1n) is 6.41. The Kier molecular flexibility index (Phi) is 3.69. The number of aromatic nitrogens is 3. The molecule has 0 atom stereocenters. The van der Waals surface area contributed by atoms with E-state index in [4.69, 9.17) is 11.6 Å². The highest BCUT2D eigenvalue weighted by atomic mass is 35.5. The van der Waals surface area contributed by atoms with E-state index in [1.54, 1.807) is 28.9 Å². The Bertz CT molecular complexity index is 785. The molecule has 0 N–H and O–H groups in total. The van der Waals surface area contributed by atoms with Gasteiger partial charge < -0.3 is 0 Å². The maximum atomic E-state index is 12.4. The standard InChI is InChI=1S/C13H13ClN4O2S/c14-12-5-2-1-4-11(12)6-9-21(19,20)18-8-3-7-17-13(18)15-10-16-17/h1-2,4-6,9-10H,3,7-8H2. The lowest BCUT2D eigenvalue weighted by Crippen LogP contribution is -2.36. The zero-order valence-electron chi connectivity index (χ0n) is 11.1. The van der Waals surface area contributed by atoms with Gasteiger partial charge in [-0.2, -0.15) is 10.1 Å². The Labute approximate surface area is 127 Å². The number of rotatable bonds is 3. The first-order valence-corrected chi connectivity index (χ1v) is 8.29. The smallest absolute Gasteiger partial charge is 0.234 e. The van der Waals surface area contributed by atoms with E-state index in [2.05, 4.69) is 10.1 Å². The van der Waals surface area contributed by atoms with Crippen molar-refractivity contribution in [1.82, 2.24) is 14.8 Å². The normalized spacial score (nSPS) is 15.4. The molecule has 0 amide bonds. The van der Waals surface area contributed by atoms with Gasteiger partial charge in [-0.25, -0.2) is 17.4 Å². The van der Waals surface area contributed by atoms with Crippen molar-refractivity contribution in [3.05, 3.63) is 46.6 Å². The van der Waals surface area contributed by atoms with Gasteiger partial charge in [0.25, 0.3) is 10.0 Å². The predicted molar refractivity (Wildman–Crippen MR) is 81.4 cm³/mol. The minimum Gasteiger partial charge on any atom is -0.234 e. The summed E-state index contributed by atoms with van der Waals surface area (Å²) in [6.07, 6.45) is 3.56. The number of anilines is 1. The van der Waals surface area contributed by atoms with Crippen LogP contribution in [0.1, 0.15) is 12.0 Å². The molecule has 0 unspecified atom stereocenters. The van der Waals surface area contributed by atoms with Crippen molar-refractivity contribution in [2.75, 3.05) is 10.8 Å². The highest BCUT2D eigenvalue weighted by Crippen LogP contribution is 2.22. The molecule has 0 saturated carbocycles. The maximum Gasteiger partial charge on any atom is 0.259 e. The molecule has 0 fully saturated rings. The molecule has 1 aromatic carbocycles. The Morgan fingerprint density at radius 1 is 1.24 bits per heavy atom. The van der Waals surface area contributed by atoms with Crippen LogP contribution < -0.4 is 4.31 Å². The van der Waals surface area contributed by atoms with Crippen molar-refractivity contribution in [2.45, 2.75) is 13.0 Å². The summed E-state index contributed by atoms with van der Waals surface area (Å²) in [7, 11) is -3.61. The van der Waals surface area contributed by atoms with Crippen LogP contribution in [0.25, 0.3) is 6.08 Å². The van der Waals surface area contributed by atoms with E-state index in [9.17, 15) is 8.42 Å². The largest absolute Gasteiger partial charge is 0.259 e. The quantitative estimate of drug-likeness (QED) is 0.867. The number of aryl methyl sites for hydroxylation is 1. The van der Waals surface area contributed by atoms with Gasteiger partial charge in [-0.15, -0.1) is 0 Å². The molecule has 6 nitrogen and oxygen atoms in total. The Morgan fingerprint density at radius 2 is 2.05 bits per heavy atom. The van der Waals surface area contributed by atoms with E-state index in [0.29, 0.717) is 36.0 Å². The van der Waals surface area contributed by atoms with Crippen molar-refractivity contribution in [3.63, 3.8) is 0 Å². The molecule has 0 spiro atoms. The van der Waals surface area contributed by atoms with E-state index in [0.717, 1.165) is 5.41 Å². The zero-order valence-corrected chi connectivity index (χ0v) is 12.6. The molecule has 2 aromatic rings. The summed E-state index contributed by atoms with van der Waals surface area (Å²) in [5.41, 5.74) is 0.654. The van der Waals surface area contributed by atoms with Crippen LogP contribution in [0.3, 0.4) is 0 Å². The predicted octanol–water partition coefficient (Wildman–Crippen LogP) is 2.14. The van der Waals surface area contributed by atoms with Crippen LogP contribution in [0.4, 0.5) is 5.95 Å². The summed E-state index contributed by atoms with van der Waals surface area (Å²) in [6.45, 7) is 1.07. The lowest BCUT2D eigenvalue weighted by atomic mass is 10.2. The van der Waals surface area contributed by atoms with E-state index in [1.807, 2.05) is 0 Å². The van der Waals surface area contributed by atoms with Gasteiger partial charge in [0.05, 0.1) is 5.41 Å². The number of sulfonamides is 1. The van der Waals surface area contributed by atoms with E-state index in [1.165, 1.54) is 16.7 Å². The minimum absolute atomic E-state index is 0.352. The van der Waals surface area contributed by atoms with Gasteiger partial charge in [0.2, 0.25) is 5.95 Å². The van der Waals surface area contributed by atoms with Crippen LogP contribution in [-0.2, 0) is 16.6 Å². The summed E-state index contributed by atoms with van der Waals surface area (Å²) in [5.74, 6) is 0.352. The summed E-state index contributed by atoms with van der Waals surface area (Å²) >= 11 is 6.02. The van der Waals surface area contributed by atoms with Gasteiger partial charge in [-0.1, -0.05) is 29.8 Å². The first-order chi connectivity index (χ1) is 10.1. The van der Waals surface area contributed by atoms with Crippen LogP contribution in [0.15, 0.2) is 36.0 Å². The third kappa shape index (κ3) is 2.79. The van der Waals surface area contributed by atoms with Crippen molar-refractivity contribution in [1.29, 1.82) is 0 Å². The minimum atomic E-state index is -3.61. The molecule has 1 aliphatic heterocycles. The van der Waals surface area contributed by atoms with Crippen molar-refractivity contribution in [2.24, 2.45) is 0 Å². The van der Waals surface area contributed by atoms with Gasteiger partial charge in [0.1, 0.15) is 6.33 Å². The van der Waals surface area contributed by atoms with E-state index in [-0.39, 0.29) is 0 Å². The lowest BCUT2D eigenvalue weighted by Gasteiger charge is -2.25. The summed E-state index contributed by atoms with van der Waals surface area (Å²) in [6, 6.07) is 7.06. The van der Waals surface area contributed by atoms with Gasteiger partial charge in [-0.05, 0) is 24.1 Å². The highest BCUT2D eigenvalue weighted by molar-refractivity contribution is 7.95. The third-order valence-corrected chi connectivity index (χ3v) is 4.97. The molecule has 0 bridgehead atoms. The van der Waals surface area contributed by atoms with Gasteiger partial charge >= 0.3 is 0 Å². The van der Waals surface area contributed by atoms with Crippen LogP contribution in [0, 0.1) is 0 Å². The van der Waals surface area contributed by atoms with Crippen LogP contribution >= 0.6 is 11.6 Å². The van der Waals surface area contributed by atoms with Crippen molar-refractivity contribution in [3.8, 4) is 0 Å². The molecule has 2 heterocycles. The fourth-order valence-corrected chi connectivity index (χ4v) is 3.57. The fraction of sp³-hybridized carbons (Fsp3) is 0.231. The Morgan fingerprint density at radius 3 is 2.86 bits per heavy atom. The summed E-state index contributed by atoms with van der Waals surface area (Å²) in [4.78, 5) is 4.02. The average Bonchev–Trinajstić information content (AvgIpc) is 2.94. The SMILES string of the molecule is O=S(=O)(C=Cc1ccccc1Cl)N1CCCn2ncnc21. The summed E-state index contributed by atoms with van der Waals surface area (Å²) < 4.78 is 27.7. The second-order valence-electron chi connectivity index (χ2n) is 4.58. The molecule has 0 saturated heterocycles. The molecule has 1 aromatic heterocycles. The molecule has 0 aliphatic carbocycles. The second-order valence-corrected chi connectivity index (χ2v) is 6.73. The van der Waals surface area contributed by atoms with Crippen LogP contribution in [0.5, 0.6) is 0 Å². The van der Waals surface area contributed by atoms with Gasteiger partial charge in [0.15, 0.2) is 0 Å². The lowest BCUT2D eigenvalue weighted by molar-refractivity contribution is 0.533. The topological polar surface area (TPSA) is 68.1 Å². The zero-order chi connectivity index (χ0) is 14.9. The van der Waals surface area contributed by atoms with E-state index >= 15 is 0 Å². The molecule has 110 valence electrons. The third-order valence-electron chi connectivity index (χ3n) is 3.18. The second kappa shape index (κ2) is 5.50. The molecular weight excluding hydrogens is 312 g/mol. The van der Waals surface area contributed by atoms with Crippen molar-refractivity contribution < 1.29 is 8.42 Å². The highest BCUT2D eigenvalue weighted by Gasteiger charge is 2.27. The number of hydrogen-bond donors (Lipinski definition) is 0. The number of hydrogen-bond acceptors (Lipinski definition) is 4. The molecule has 1 aliphatic rings. The maximum absolute atomic E-state index is 12.4. The number of nitrogens with zero attached hydrogens (tertiary/aromatic N) is 4. The summed E-state index contributed by atoms with van der Waals surface area (Å²) in [5, 5.41) is 5.66. The number of fused-ring (bicyclic) bond motifs is 1. The fourth-order valence-electron chi connectivity index (χ4n) is 2.16. The van der Waals surface area contributed by atoms with Gasteiger partial charge in [-0.3, -0.25) is 0 Å². The van der Waals surface area contributed by atoms with Crippen LogP contribution in [-0.4, -0.2) is 29.7 Å². The number of halogens is 1. The Hall–Kier alpha value is -1.86. The molecule has 21 heavy (non-hydrogen) atoms. The van der Waals surface area contributed by atoms with E-state index < -0.39 is 10.0 Å². The monoisotopic (exact) mass is 324 g/mol. The molecule has 0 radical (unpaired) electrons. The Balaban J connectivity index is 1.91.